The Morgan fingerprint density at radius 3 is 2.61 bits per heavy atom. The largest absolute Gasteiger partial charge is 0.494 e. The summed E-state index contributed by atoms with van der Waals surface area (Å²) in [7, 11) is 1.78. The van der Waals surface area contributed by atoms with E-state index in [-0.39, 0.29) is 24.0 Å². The average Bonchev–Trinajstić information content (AvgIpc) is 2.94. The van der Waals surface area contributed by atoms with Gasteiger partial charge in [0.1, 0.15) is 5.75 Å². The van der Waals surface area contributed by atoms with Gasteiger partial charge in [0.05, 0.1) is 13.2 Å². The first-order valence-electron chi connectivity index (χ1n) is 7.43. The van der Waals surface area contributed by atoms with Crippen molar-refractivity contribution in [3.05, 3.63) is 51.7 Å². The van der Waals surface area contributed by atoms with E-state index >= 15 is 0 Å². The number of hydrogen-bond acceptors (Lipinski definition) is 3. The van der Waals surface area contributed by atoms with Crippen molar-refractivity contribution in [2.45, 2.75) is 26.9 Å². The predicted octanol–water partition coefficient (Wildman–Crippen LogP) is 3.94. The van der Waals surface area contributed by atoms with Crippen molar-refractivity contribution < 1.29 is 4.74 Å². The first-order valence-corrected chi connectivity index (χ1v) is 8.24. The molecule has 0 radical (unpaired) electrons. The molecule has 0 aliphatic carbocycles. The summed E-state index contributed by atoms with van der Waals surface area (Å²) in [5, 5.41) is 6.65. The van der Waals surface area contributed by atoms with Crippen LogP contribution in [0.3, 0.4) is 0 Å². The fraction of sp³-hybridized carbons (Fsp3) is 0.353. The first-order chi connectivity index (χ1) is 10.7. The quantitative estimate of drug-likeness (QED) is 0.402. The SMILES string of the molecule is CCOc1cccc(CNC(=NC)NCc2ccc(C)s2)c1.I. The molecule has 0 bridgehead atoms. The van der Waals surface area contributed by atoms with Crippen molar-refractivity contribution in [1.82, 2.24) is 10.6 Å². The molecule has 0 amide bonds. The zero-order chi connectivity index (χ0) is 15.8. The molecule has 1 aromatic heterocycles. The maximum atomic E-state index is 5.52. The van der Waals surface area contributed by atoms with E-state index in [0.717, 1.165) is 18.3 Å². The molecular weight excluding hydrogens is 421 g/mol. The van der Waals surface area contributed by atoms with Crippen molar-refractivity contribution in [2.24, 2.45) is 4.99 Å². The molecule has 0 aliphatic heterocycles. The number of ether oxygens (including phenoxy) is 1. The minimum Gasteiger partial charge on any atom is -0.494 e. The number of aliphatic imine (C=N–C) groups is 1. The standard InChI is InChI=1S/C17H23N3OS.HI/c1-4-21-15-7-5-6-14(10-15)11-19-17(18-3)20-12-16-9-8-13(2)22-16;/h5-10H,4,11-12H2,1-3H3,(H2,18,19,20);1H. The molecule has 6 heteroatoms. The third-order valence-electron chi connectivity index (χ3n) is 3.12. The van der Waals surface area contributed by atoms with Gasteiger partial charge in [0.15, 0.2) is 5.96 Å². The molecule has 0 unspecified atom stereocenters. The van der Waals surface area contributed by atoms with Gasteiger partial charge in [0, 0.05) is 23.3 Å². The molecule has 0 saturated heterocycles. The van der Waals surface area contributed by atoms with E-state index in [0.29, 0.717) is 13.2 Å². The lowest BCUT2D eigenvalue weighted by Gasteiger charge is -2.12. The van der Waals surface area contributed by atoms with Crippen LogP contribution in [0.1, 0.15) is 22.2 Å². The normalized spacial score (nSPS) is 10.8. The summed E-state index contributed by atoms with van der Waals surface area (Å²) >= 11 is 1.80. The van der Waals surface area contributed by atoms with E-state index in [1.807, 2.05) is 25.1 Å². The molecule has 0 atom stereocenters. The van der Waals surface area contributed by atoms with E-state index in [1.165, 1.54) is 15.3 Å². The first kappa shape index (κ1) is 19.8. The fourth-order valence-electron chi connectivity index (χ4n) is 2.07. The topological polar surface area (TPSA) is 45.6 Å². The summed E-state index contributed by atoms with van der Waals surface area (Å²) in [6, 6.07) is 12.4. The summed E-state index contributed by atoms with van der Waals surface area (Å²) in [5.41, 5.74) is 1.17. The minimum atomic E-state index is 0. The molecule has 4 nitrogen and oxygen atoms in total. The van der Waals surface area contributed by atoms with Crippen molar-refractivity contribution in [2.75, 3.05) is 13.7 Å². The zero-order valence-electron chi connectivity index (χ0n) is 13.8. The number of nitrogens with zero attached hydrogens (tertiary/aromatic N) is 1. The molecule has 2 aromatic rings. The molecule has 0 saturated carbocycles. The van der Waals surface area contributed by atoms with E-state index in [9.17, 15) is 0 Å². The van der Waals surface area contributed by atoms with Crippen molar-refractivity contribution >= 4 is 41.3 Å². The summed E-state index contributed by atoms with van der Waals surface area (Å²) in [4.78, 5) is 6.88. The summed E-state index contributed by atoms with van der Waals surface area (Å²) in [5.74, 6) is 1.70. The van der Waals surface area contributed by atoms with Crippen LogP contribution in [0.5, 0.6) is 5.75 Å². The Labute approximate surface area is 159 Å². The Morgan fingerprint density at radius 1 is 1.17 bits per heavy atom. The lowest BCUT2D eigenvalue weighted by molar-refractivity contribution is 0.340. The van der Waals surface area contributed by atoms with Gasteiger partial charge in [-0.15, -0.1) is 35.3 Å². The summed E-state index contributed by atoms with van der Waals surface area (Å²) < 4.78 is 5.52. The van der Waals surface area contributed by atoms with Crippen LogP contribution < -0.4 is 15.4 Å². The van der Waals surface area contributed by atoms with Crippen LogP contribution >= 0.6 is 35.3 Å². The van der Waals surface area contributed by atoms with Gasteiger partial charge < -0.3 is 15.4 Å². The second kappa shape index (κ2) is 10.5. The van der Waals surface area contributed by atoms with Crippen LogP contribution in [-0.2, 0) is 13.1 Å². The summed E-state index contributed by atoms with van der Waals surface area (Å²) in [6.07, 6.45) is 0. The van der Waals surface area contributed by atoms with Gasteiger partial charge in [-0.05, 0) is 43.7 Å². The monoisotopic (exact) mass is 445 g/mol. The minimum absolute atomic E-state index is 0. The molecule has 2 rings (SSSR count). The molecule has 23 heavy (non-hydrogen) atoms. The lowest BCUT2D eigenvalue weighted by atomic mass is 10.2. The van der Waals surface area contributed by atoms with Gasteiger partial charge in [-0.1, -0.05) is 12.1 Å². The second-order valence-electron chi connectivity index (χ2n) is 4.87. The highest BCUT2D eigenvalue weighted by molar-refractivity contribution is 14.0. The highest BCUT2D eigenvalue weighted by Crippen LogP contribution is 2.14. The molecule has 0 aliphatic rings. The van der Waals surface area contributed by atoms with E-state index in [4.69, 9.17) is 4.74 Å². The number of thiophene rings is 1. The van der Waals surface area contributed by atoms with Crippen molar-refractivity contribution in [3.8, 4) is 5.75 Å². The number of halogens is 1. The van der Waals surface area contributed by atoms with Gasteiger partial charge in [0.25, 0.3) is 0 Å². The number of benzene rings is 1. The number of aryl methyl sites for hydroxylation is 1. The maximum Gasteiger partial charge on any atom is 0.191 e. The molecule has 0 spiro atoms. The van der Waals surface area contributed by atoms with Gasteiger partial charge in [-0.25, -0.2) is 0 Å². The van der Waals surface area contributed by atoms with E-state index in [2.05, 4.69) is 40.7 Å². The average molecular weight is 445 g/mol. The highest BCUT2D eigenvalue weighted by atomic mass is 127. The highest BCUT2D eigenvalue weighted by Gasteiger charge is 2.01. The number of guanidine groups is 1. The van der Waals surface area contributed by atoms with Gasteiger partial charge in [0.2, 0.25) is 0 Å². The summed E-state index contributed by atoms with van der Waals surface area (Å²) in [6.45, 7) is 6.29. The Balaban J connectivity index is 0.00000264. The number of rotatable bonds is 6. The Kier molecular flexibility index (Phi) is 9.01. The Bertz CT molecular complexity index is 628. The molecule has 1 aromatic carbocycles. The molecule has 1 heterocycles. The van der Waals surface area contributed by atoms with Crippen LogP contribution in [0.25, 0.3) is 0 Å². The van der Waals surface area contributed by atoms with E-state index in [1.54, 1.807) is 18.4 Å². The van der Waals surface area contributed by atoms with Crippen LogP contribution in [0.15, 0.2) is 41.4 Å². The third kappa shape index (κ3) is 6.78. The van der Waals surface area contributed by atoms with Gasteiger partial charge >= 0.3 is 0 Å². The molecule has 126 valence electrons. The van der Waals surface area contributed by atoms with Crippen LogP contribution in [0.4, 0.5) is 0 Å². The molecule has 2 N–H and O–H groups in total. The van der Waals surface area contributed by atoms with E-state index < -0.39 is 0 Å². The van der Waals surface area contributed by atoms with Crippen molar-refractivity contribution in [1.29, 1.82) is 0 Å². The van der Waals surface area contributed by atoms with Gasteiger partial charge in [-0.2, -0.15) is 0 Å². The second-order valence-corrected chi connectivity index (χ2v) is 6.24. The number of nitrogens with one attached hydrogen (secondary N) is 2. The maximum absolute atomic E-state index is 5.52. The molecular formula is C17H24IN3OS. The number of hydrogen-bond donors (Lipinski definition) is 2. The third-order valence-corrected chi connectivity index (χ3v) is 4.12. The van der Waals surface area contributed by atoms with Crippen LogP contribution in [-0.4, -0.2) is 19.6 Å². The Morgan fingerprint density at radius 2 is 1.96 bits per heavy atom. The van der Waals surface area contributed by atoms with Crippen LogP contribution in [0.2, 0.25) is 0 Å². The molecule has 0 fully saturated rings. The predicted molar refractivity (Wildman–Crippen MR) is 109 cm³/mol. The lowest BCUT2D eigenvalue weighted by Crippen LogP contribution is -2.36. The smallest absolute Gasteiger partial charge is 0.191 e. The fourth-order valence-corrected chi connectivity index (χ4v) is 2.90. The van der Waals surface area contributed by atoms with Crippen LogP contribution in [0, 0.1) is 6.92 Å². The van der Waals surface area contributed by atoms with Gasteiger partial charge in [-0.3, -0.25) is 4.99 Å². The zero-order valence-corrected chi connectivity index (χ0v) is 16.9. The van der Waals surface area contributed by atoms with Crippen molar-refractivity contribution in [3.63, 3.8) is 0 Å². The Hall–Kier alpha value is -1.28.